The molecule has 1 saturated heterocycles. The predicted molar refractivity (Wildman–Crippen MR) is 67.1 cm³/mol. The maximum absolute atomic E-state index is 12.1. The van der Waals surface area contributed by atoms with Gasteiger partial charge in [-0.2, -0.15) is 0 Å². The standard InChI is InChI=1S/C15H18O4/c1-7-5-11(17)13-9(6-16)3-4-10-8(2)15(18)19-14(10)12(7)13/h5-6,8-10,12-14H,3-4H2,1-2H3/t8-,9-,10-,12-,13+,14-/m0/s1. The Morgan fingerprint density at radius 3 is 2.68 bits per heavy atom. The number of carbonyl (C=O) groups is 3. The highest BCUT2D eigenvalue weighted by atomic mass is 16.6. The molecule has 0 aromatic heterocycles. The molecule has 0 radical (unpaired) electrons. The van der Waals surface area contributed by atoms with Crippen molar-refractivity contribution in [3.8, 4) is 0 Å². The average molecular weight is 262 g/mol. The van der Waals surface area contributed by atoms with Gasteiger partial charge in [0.25, 0.3) is 0 Å². The summed E-state index contributed by atoms with van der Waals surface area (Å²) >= 11 is 0. The van der Waals surface area contributed by atoms with Crippen LogP contribution in [0.2, 0.25) is 0 Å². The van der Waals surface area contributed by atoms with Gasteiger partial charge in [-0.15, -0.1) is 0 Å². The lowest BCUT2D eigenvalue weighted by atomic mass is 9.77. The smallest absolute Gasteiger partial charge is 0.309 e. The van der Waals surface area contributed by atoms with Crippen LogP contribution in [0.15, 0.2) is 11.6 Å². The van der Waals surface area contributed by atoms with Crippen molar-refractivity contribution < 1.29 is 19.1 Å². The largest absolute Gasteiger partial charge is 0.461 e. The highest BCUT2D eigenvalue weighted by Crippen LogP contribution is 2.49. The number of hydrogen-bond acceptors (Lipinski definition) is 4. The first-order valence-corrected chi connectivity index (χ1v) is 6.92. The number of aldehydes is 1. The molecular formula is C15H18O4. The Kier molecular flexibility index (Phi) is 2.84. The van der Waals surface area contributed by atoms with E-state index in [0.29, 0.717) is 6.42 Å². The molecule has 0 amide bonds. The maximum atomic E-state index is 12.1. The van der Waals surface area contributed by atoms with Crippen molar-refractivity contribution in [1.29, 1.82) is 0 Å². The Bertz CT molecular complexity index is 479. The van der Waals surface area contributed by atoms with Gasteiger partial charge in [-0.3, -0.25) is 9.59 Å². The van der Waals surface area contributed by atoms with Crippen molar-refractivity contribution in [2.45, 2.75) is 32.8 Å². The molecule has 0 N–H and O–H groups in total. The Hall–Kier alpha value is -1.45. The molecule has 2 aliphatic carbocycles. The SMILES string of the molecule is CC1=CC(=O)[C@@H]2[C@H]1[C@H]1OC(=O)[C@@H](C)[C@@H]1CC[C@H]2C=O. The fourth-order valence-corrected chi connectivity index (χ4v) is 4.08. The summed E-state index contributed by atoms with van der Waals surface area (Å²) in [5.74, 6) is -0.766. The molecule has 3 aliphatic rings. The first-order chi connectivity index (χ1) is 9.04. The van der Waals surface area contributed by atoms with E-state index in [9.17, 15) is 14.4 Å². The zero-order chi connectivity index (χ0) is 13.7. The van der Waals surface area contributed by atoms with Gasteiger partial charge in [-0.25, -0.2) is 0 Å². The lowest BCUT2D eigenvalue weighted by molar-refractivity contribution is -0.146. The molecule has 4 nitrogen and oxygen atoms in total. The molecule has 102 valence electrons. The minimum Gasteiger partial charge on any atom is -0.461 e. The molecule has 0 bridgehead atoms. The minimum atomic E-state index is -0.314. The number of allylic oxidation sites excluding steroid dienone is 1. The van der Waals surface area contributed by atoms with E-state index < -0.39 is 0 Å². The number of rotatable bonds is 1. The molecule has 1 aliphatic heterocycles. The van der Waals surface area contributed by atoms with Crippen LogP contribution < -0.4 is 0 Å². The summed E-state index contributed by atoms with van der Waals surface area (Å²) in [5, 5.41) is 0. The van der Waals surface area contributed by atoms with Crippen molar-refractivity contribution in [3.63, 3.8) is 0 Å². The molecule has 1 saturated carbocycles. The van der Waals surface area contributed by atoms with Crippen LogP contribution in [0.5, 0.6) is 0 Å². The zero-order valence-corrected chi connectivity index (χ0v) is 11.2. The van der Waals surface area contributed by atoms with Gasteiger partial charge in [0.05, 0.1) is 5.92 Å². The third-order valence-electron chi connectivity index (χ3n) is 5.12. The van der Waals surface area contributed by atoms with Crippen molar-refractivity contribution >= 4 is 18.0 Å². The highest BCUT2D eigenvalue weighted by Gasteiger charge is 2.54. The van der Waals surface area contributed by atoms with Gasteiger partial charge >= 0.3 is 5.97 Å². The average Bonchev–Trinajstić information content (AvgIpc) is 2.74. The molecule has 1 heterocycles. The third-order valence-corrected chi connectivity index (χ3v) is 5.12. The first-order valence-electron chi connectivity index (χ1n) is 6.92. The lowest BCUT2D eigenvalue weighted by Gasteiger charge is -2.27. The van der Waals surface area contributed by atoms with Crippen LogP contribution in [-0.2, 0) is 19.1 Å². The zero-order valence-electron chi connectivity index (χ0n) is 11.2. The van der Waals surface area contributed by atoms with Gasteiger partial charge in [0, 0.05) is 23.7 Å². The molecule has 3 rings (SSSR count). The topological polar surface area (TPSA) is 60.4 Å². The molecule has 0 aromatic carbocycles. The van der Waals surface area contributed by atoms with Crippen LogP contribution in [0.3, 0.4) is 0 Å². The van der Waals surface area contributed by atoms with Crippen molar-refractivity contribution in [3.05, 3.63) is 11.6 Å². The molecule has 4 heteroatoms. The van der Waals surface area contributed by atoms with E-state index >= 15 is 0 Å². The maximum Gasteiger partial charge on any atom is 0.309 e. The van der Waals surface area contributed by atoms with E-state index in [-0.39, 0.29) is 47.4 Å². The summed E-state index contributed by atoms with van der Waals surface area (Å²) < 4.78 is 5.54. The van der Waals surface area contributed by atoms with Crippen LogP contribution in [0.25, 0.3) is 0 Å². The third kappa shape index (κ3) is 1.69. The van der Waals surface area contributed by atoms with Gasteiger partial charge in [0.15, 0.2) is 5.78 Å². The van der Waals surface area contributed by atoms with Gasteiger partial charge in [0.1, 0.15) is 12.4 Å². The summed E-state index contributed by atoms with van der Waals surface area (Å²) in [6.45, 7) is 3.79. The molecule has 0 aromatic rings. The Balaban J connectivity index is 2.01. The van der Waals surface area contributed by atoms with Gasteiger partial charge in [-0.05, 0) is 25.8 Å². The number of ether oxygens (including phenoxy) is 1. The molecular weight excluding hydrogens is 244 g/mol. The molecule has 0 unspecified atom stereocenters. The molecule has 19 heavy (non-hydrogen) atoms. The van der Waals surface area contributed by atoms with E-state index in [1.54, 1.807) is 6.08 Å². The van der Waals surface area contributed by atoms with E-state index in [2.05, 4.69) is 0 Å². The van der Waals surface area contributed by atoms with E-state index in [4.69, 9.17) is 4.74 Å². The second kappa shape index (κ2) is 4.29. The monoisotopic (exact) mass is 262 g/mol. The Labute approximate surface area is 112 Å². The normalized spacial score (nSPS) is 45.1. The molecule has 6 atom stereocenters. The summed E-state index contributed by atoms with van der Waals surface area (Å²) in [6, 6.07) is 0. The minimum absolute atomic E-state index is 0.0239. The van der Waals surface area contributed by atoms with Crippen LogP contribution in [0.1, 0.15) is 26.7 Å². The van der Waals surface area contributed by atoms with Crippen molar-refractivity contribution in [1.82, 2.24) is 0 Å². The van der Waals surface area contributed by atoms with Crippen LogP contribution in [0.4, 0.5) is 0 Å². The number of hydrogen-bond donors (Lipinski definition) is 0. The van der Waals surface area contributed by atoms with Crippen LogP contribution in [-0.4, -0.2) is 24.1 Å². The van der Waals surface area contributed by atoms with E-state index in [1.165, 1.54) is 0 Å². The van der Waals surface area contributed by atoms with Crippen LogP contribution >= 0.6 is 0 Å². The highest BCUT2D eigenvalue weighted by molar-refractivity contribution is 5.97. The van der Waals surface area contributed by atoms with E-state index in [0.717, 1.165) is 18.3 Å². The fourth-order valence-electron chi connectivity index (χ4n) is 4.08. The second-order valence-corrected chi connectivity index (χ2v) is 6.07. The van der Waals surface area contributed by atoms with Crippen molar-refractivity contribution in [2.75, 3.05) is 0 Å². The quantitative estimate of drug-likeness (QED) is 0.531. The van der Waals surface area contributed by atoms with E-state index in [1.807, 2.05) is 13.8 Å². The first kappa shape index (κ1) is 12.6. The molecule has 2 fully saturated rings. The summed E-state index contributed by atoms with van der Waals surface area (Å²) in [7, 11) is 0. The number of fused-ring (bicyclic) bond motifs is 3. The Morgan fingerprint density at radius 1 is 1.26 bits per heavy atom. The lowest BCUT2D eigenvalue weighted by Crippen LogP contribution is -2.34. The predicted octanol–water partition coefficient (Wildman–Crippen LogP) is 1.53. The number of ketones is 1. The van der Waals surface area contributed by atoms with Gasteiger partial charge in [-0.1, -0.05) is 12.5 Å². The Morgan fingerprint density at radius 2 is 2.00 bits per heavy atom. The number of carbonyl (C=O) groups excluding carboxylic acids is 3. The summed E-state index contributed by atoms with van der Waals surface area (Å²) in [5.41, 5.74) is 0.959. The summed E-state index contributed by atoms with van der Waals surface area (Å²) in [6.07, 6.45) is 3.79. The van der Waals surface area contributed by atoms with Crippen molar-refractivity contribution in [2.24, 2.45) is 29.6 Å². The second-order valence-electron chi connectivity index (χ2n) is 6.07. The fraction of sp³-hybridized carbons (Fsp3) is 0.667. The number of esters is 1. The summed E-state index contributed by atoms with van der Waals surface area (Å²) in [4.78, 5) is 35.2. The van der Waals surface area contributed by atoms with Gasteiger partial charge < -0.3 is 9.53 Å². The van der Waals surface area contributed by atoms with Crippen LogP contribution in [0, 0.1) is 29.6 Å². The van der Waals surface area contributed by atoms with Gasteiger partial charge in [0.2, 0.25) is 0 Å². The molecule has 0 spiro atoms.